The third-order valence-electron chi connectivity index (χ3n) is 7.71. The van der Waals surface area contributed by atoms with Crippen LogP contribution >= 0.6 is 11.6 Å². The second-order valence-electron chi connectivity index (χ2n) is 10.5. The smallest absolute Gasteiger partial charge is 0.230 e. The summed E-state index contributed by atoms with van der Waals surface area (Å²) in [6.45, 7) is 9.77. The Balaban J connectivity index is 1.43. The number of rotatable bonds is 14. The molecule has 0 radical (unpaired) electrons. The van der Waals surface area contributed by atoms with Crippen LogP contribution in [0, 0.1) is 0 Å². The zero-order valence-corrected chi connectivity index (χ0v) is 25.7. The molecule has 0 aliphatic carbocycles. The number of likely N-dealkylation sites (N-methyl/N-ethyl adjacent to an activating group) is 1. The van der Waals surface area contributed by atoms with E-state index in [9.17, 15) is 4.79 Å². The number of pyridine rings is 1. The van der Waals surface area contributed by atoms with E-state index in [0.717, 1.165) is 79.1 Å². The molecule has 0 spiro atoms. The van der Waals surface area contributed by atoms with Crippen LogP contribution in [0.5, 0.6) is 0 Å². The Labute approximate surface area is 257 Å². The molecule has 5 rings (SSSR count). The van der Waals surface area contributed by atoms with Crippen molar-refractivity contribution in [2.75, 3.05) is 19.6 Å². The lowest BCUT2D eigenvalue weighted by Gasteiger charge is -2.17. The Hall–Kier alpha value is -4.21. The van der Waals surface area contributed by atoms with Gasteiger partial charge in [-0.25, -0.2) is 9.97 Å². The van der Waals surface area contributed by atoms with E-state index in [1.165, 1.54) is 0 Å². The molecule has 10 heteroatoms. The van der Waals surface area contributed by atoms with Gasteiger partial charge in [-0.2, -0.15) is 5.21 Å². The molecular formula is C33H37ClN8O. The van der Waals surface area contributed by atoms with Gasteiger partial charge in [-0.3, -0.25) is 4.79 Å². The summed E-state index contributed by atoms with van der Waals surface area (Å²) in [4.78, 5) is 25.6. The topological polar surface area (TPSA) is 105 Å². The van der Waals surface area contributed by atoms with Crippen molar-refractivity contribution in [3.63, 3.8) is 0 Å². The van der Waals surface area contributed by atoms with E-state index in [1.54, 1.807) is 6.07 Å². The largest absolute Gasteiger partial charge is 0.319 e. The van der Waals surface area contributed by atoms with Crippen molar-refractivity contribution in [2.45, 2.75) is 53.0 Å². The molecule has 5 aromatic rings. The minimum absolute atomic E-state index is 0.212. The molecule has 0 amide bonds. The lowest BCUT2D eigenvalue weighted by atomic mass is 9.98. The van der Waals surface area contributed by atoms with Crippen LogP contribution in [0.4, 0.5) is 0 Å². The first kappa shape index (κ1) is 30.3. The van der Waals surface area contributed by atoms with Crippen LogP contribution < -0.4 is 0 Å². The molecule has 9 nitrogen and oxygen atoms in total. The Morgan fingerprint density at radius 3 is 2.37 bits per heavy atom. The Kier molecular flexibility index (Phi) is 10.1. The van der Waals surface area contributed by atoms with Crippen LogP contribution in [-0.2, 0) is 19.4 Å². The number of ketones is 1. The highest BCUT2D eigenvalue weighted by atomic mass is 35.5. The maximum Gasteiger partial charge on any atom is 0.230 e. The summed E-state index contributed by atoms with van der Waals surface area (Å²) in [7, 11) is 0. The number of unbranched alkanes of at least 4 members (excludes halogenated alkanes) is 1. The molecule has 0 aliphatic rings. The Bertz CT molecular complexity index is 1640. The zero-order chi connectivity index (χ0) is 30.2. The number of carbonyl (C=O) groups excluding carboxylic acids is 1. The van der Waals surface area contributed by atoms with Gasteiger partial charge in [-0.1, -0.05) is 93.4 Å². The van der Waals surface area contributed by atoms with Crippen LogP contribution in [0.2, 0.25) is 5.15 Å². The van der Waals surface area contributed by atoms with Crippen molar-refractivity contribution in [1.82, 2.24) is 40.1 Å². The predicted molar refractivity (Wildman–Crippen MR) is 169 cm³/mol. The first-order chi connectivity index (χ1) is 21.0. The number of nitrogens with zero attached hydrogens (tertiary/aromatic N) is 7. The lowest BCUT2D eigenvalue weighted by Crippen LogP contribution is -2.25. The molecule has 43 heavy (non-hydrogen) atoms. The summed E-state index contributed by atoms with van der Waals surface area (Å²) >= 11 is 6.68. The van der Waals surface area contributed by atoms with Crippen molar-refractivity contribution in [2.24, 2.45) is 0 Å². The van der Waals surface area contributed by atoms with Gasteiger partial charge in [0.25, 0.3) is 0 Å². The molecule has 0 atom stereocenters. The fourth-order valence-corrected chi connectivity index (χ4v) is 5.52. The van der Waals surface area contributed by atoms with E-state index < -0.39 is 0 Å². The van der Waals surface area contributed by atoms with Gasteiger partial charge in [0.2, 0.25) is 11.6 Å². The fourth-order valence-electron chi connectivity index (χ4n) is 5.24. The van der Waals surface area contributed by atoms with Crippen LogP contribution in [0.1, 0.15) is 66.9 Å². The third-order valence-corrected chi connectivity index (χ3v) is 7.97. The van der Waals surface area contributed by atoms with E-state index >= 15 is 0 Å². The summed E-state index contributed by atoms with van der Waals surface area (Å²) in [6, 6.07) is 21.9. The number of aromatic nitrogens is 7. The van der Waals surface area contributed by atoms with Gasteiger partial charge in [0.15, 0.2) is 5.15 Å². The normalized spacial score (nSPS) is 11.4. The number of H-pyrrole nitrogens is 1. The minimum Gasteiger partial charge on any atom is -0.319 e. The summed E-state index contributed by atoms with van der Waals surface area (Å²) in [5.74, 6) is 1.14. The third kappa shape index (κ3) is 7.06. The van der Waals surface area contributed by atoms with Crippen molar-refractivity contribution in [3.8, 4) is 22.5 Å². The van der Waals surface area contributed by atoms with Crippen LogP contribution in [0.3, 0.4) is 0 Å². The number of imidazole rings is 1. The molecule has 222 valence electrons. The van der Waals surface area contributed by atoms with Crippen LogP contribution in [0.15, 0.2) is 66.7 Å². The zero-order valence-electron chi connectivity index (χ0n) is 24.9. The molecule has 0 aliphatic heterocycles. The van der Waals surface area contributed by atoms with E-state index in [2.05, 4.69) is 75.5 Å². The second kappa shape index (κ2) is 14.3. The molecular weight excluding hydrogens is 560 g/mol. The predicted octanol–water partition coefficient (Wildman–Crippen LogP) is 6.28. The number of hydrogen-bond donors (Lipinski definition) is 1. The molecule has 3 aromatic heterocycles. The summed E-state index contributed by atoms with van der Waals surface area (Å²) < 4.78 is 1.97. The van der Waals surface area contributed by atoms with Crippen molar-refractivity contribution < 1.29 is 4.79 Å². The number of nitrogens with one attached hydrogen (secondary N) is 1. The molecule has 0 fully saturated rings. The summed E-state index contributed by atoms with van der Waals surface area (Å²) in [6.07, 6.45) is 3.47. The first-order valence-electron chi connectivity index (χ1n) is 14.9. The maximum atomic E-state index is 13.9. The number of aryl methyl sites for hydroxylation is 1. The van der Waals surface area contributed by atoms with Gasteiger partial charge >= 0.3 is 0 Å². The van der Waals surface area contributed by atoms with Crippen LogP contribution in [0.25, 0.3) is 22.5 Å². The fraction of sp³-hybridized carbons (Fsp3) is 0.333. The van der Waals surface area contributed by atoms with E-state index in [-0.39, 0.29) is 10.9 Å². The van der Waals surface area contributed by atoms with Gasteiger partial charge < -0.3 is 9.47 Å². The molecule has 2 aromatic carbocycles. The summed E-state index contributed by atoms with van der Waals surface area (Å²) in [5.41, 5.74) is 5.62. The highest BCUT2D eigenvalue weighted by molar-refractivity contribution is 6.33. The van der Waals surface area contributed by atoms with E-state index in [1.807, 2.05) is 41.0 Å². The maximum absolute atomic E-state index is 13.9. The van der Waals surface area contributed by atoms with E-state index in [4.69, 9.17) is 16.6 Å². The monoisotopic (exact) mass is 596 g/mol. The standard InChI is InChI=1S/C33H37ClN8O/c1-4-7-15-29-36-32(34)30(31(43)28-14-10-11-25(35-28)20-21-41(5-2)6-3)42(29)22-23-16-18-24(19-17-23)26-12-8-9-13-27(26)33-37-39-40-38-33/h8-14,16-19H,4-7,15,20-22H2,1-3H3,(H,37,38,39,40). The molecule has 0 saturated heterocycles. The number of tetrazole rings is 1. The Morgan fingerprint density at radius 1 is 0.907 bits per heavy atom. The van der Waals surface area contributed by atoms with Gasteiger partial charge in [-0.15, -0.1) is 10.2 Å². The van der Waals surface area contributed by atoms with Crippen molar-refractivity contribution in [3.05, 3.63) is 100 Å². The number of hydrogen-bond acceptors (Lipinski definition) is 7. The lowest BCUT2D eigenvalue weighted by molar-refractivity contribution is 0.102. The average molecular weight is 597 g/mol. The van der Waals surface area contributed by atoms with Gasteiger partial charge in [0, 0.05) is 37.2 Å². The van der Waals surface area contributed by atoms with Gasteiger partial charge in [0.1, 0.15) is 17.2 Å². The Morgan fingerprint density at radius 2 is 1.67 bits per heavy atom. The van der Waals surface area contributed by atoms with E-state index in [0.29, 0.717) is 23.8 Å². The average Bonchev–Trinajstić information content (AvgIpc) is 3.69. The molecule has 1 N–H and O–H groups in total. The highest BCUT2D eigenvalue weighted by Crippen LogP contribution is 2.30. The van der Waals surface area contributed by atoms with Crippen LogP contribution in [-0.4, -0.2) is 65.5 Å². The van der Waals surface area contributed by atoms with Gasteiger partial charge in [0.05, 0.1) is 0 Å². The quantitative estimate of drug-likeness (QED) is 0.150. The highest BCUT2D eigenvalue weighted by Gasteiger charge is 2.24. The molecule has 0 saturated carbocycles. The number of carbonyl (C=O) groups is 1. The van der Waals surface area contributed by atoms with Crippen molar-refractivity contribution >= 4 is 17.4 Å². The second-order valence-corrected chi connectivity index (χ2v) is 10.8. The molecule has 3 heterocycles. The van der Waals surface area contributed by atoms with Crippen molar-refractivity contribution in [1.29, 1.82) is 0 Å². The molecule has 0 unspecified atom stereocenters. The summed E-state index contributed by atoms with van der Waals surface area (Å²) in [5, 5.41) is 14.8. The minimum atomic E-state index is -0.212. The number of benzene rings is 2. The number of halogens is 1. The first-order valence-corrected chi connectivity index (χ1v) is 15.3. The van der Waals surface area contributed by atoms with Gasteiger partial charge in [-0.05, 0) is 53.5 Å². The molecule has 0 bridgehead atoms. The SMILES string of the molecule is CCCCc1nc(Cl)c(C(=O)c2cccc(CCN(CC)CC)n2)n1Cc1ccc(-c2ccccc2-c2nn[nH]n2)cc1. The number of aromatic amines is 1.